The monoisotopic (exact) mass is 663 g/mol. The van der Waals surface area contributed by atoms with Crippen LogP contribution in [0.25, 0.3) is 11.2 Å². The molecule has 21 heteroatoms. The molecule has 2 unspecified atom stereocenters. The molecule has 2 bridgehead atoms. The van der Waals surface area contributed by atoms with E-state index in [1.807, 2.05) is 0 Å². The molecule has 42 heavy (non-hydrogen) atoms. The number of aliphatic hydroxyl groups excluding tert-OH is 1. The van der Waals surface area contributed by atoms with Crippen LogP contribution in [0, 0.1) is 11.8 Å². The number of nitrogens with two attached hydrogens (primary N) is 1. The Labute approximate surface area is 248 Å². The van der Waals surface area contributed by atoms with Crippen LogP contribution in [-0.4, -0.2) is 78.8 Å². The second kappa shape index (κ2) is 11.8. The van der Waals surface area contributed by atoms with E-state index >= 15 is 0 Å². The summed E-state index contributed by atoms with van der Waals surface area (Å²) in [5.74, 6) is -1.16. The van der Waals surface area contributed by atoms with Gasteiger partial charge in [-0.05, 0) is 6.42 Å². The minimum atomic E-state index is -4.12. The van der Waals surface area contributed by atoms with Gasteiger partial charge in [-0.25, -0.2) is 24.1 Å². The van der Waals surface area contributed by atoms with Crippen LogP contribution in [0.5, 0.6) is 5.88 Å². The van der Waals surface area contributed by atoms with Crippen LogP contribution < -0.4 is 16.0 Å². The molecule has 9 atom stereocenters. The van der Waals surface area contributed by atoms with Crippen LogP contribution in [0.4, 0.5) is 5.95 Å². The molecule has 17 nitrogen and oxygen atoms in total. The normalized spacial score (nSPS) is 37.5. The Kier molecular flexibility index (Phi) is 8.43. The summed E-state index contributed by atoms with van der Waals surface area (Å²) < 4.78 is 63.3. The van der Waals surface area contributed by atoms with E-state index in [1.54, 1.807) is 6.07 Å². The number of nitrogen functional groups attached to an aromatic ring is 1. The van der Waals surface area contributed by atoms with E-state index in [0.29, 0.717) is 12.3 Å². The molecule has 2 saturated heterocycles. The van der Waals surface area contributed by atoms with Gasteiger partial charge in [-0.3, -0.25) is 27.9 Å². The molecule has 0 spiro atoms. The van der Waals surface area contributed by atoms with Crippen molar-refractivity contribution in [3.8, 4) is 5.88 Å². The minimum Gasteiger partial charge on any atom is -0.474 e. The molecular formula is C21H27N7O10P2S2. The van der Waals surface area contributed by atoms with Gasteiger partial charge in [0, 0.05) is 30.5 Å². The molecule has 228 valence electrons. The Morgan fingerprint density at radius 2 is 1.93 bits per heavy atom. The van der Waals surface area contributed by atoms with Crippen molar-refractivity contribution in [2.45, 2.75) is 43.5 Å². The van der Waals surface area contributed by atoms with Crippen LogP contribution in [0.1, 0.15) is 19.1 Å². The lowest BCUT2D eigenvalue weighted by Gasteiger charge is -2.27. The zero-order valence-corrected chi connectivity index (χ0v) is 25.2. The maximum Gasteiger partial charge on any atom is 0.386 e. The summed E-state index contributed by atoms with van der Waals surface area (Å²) >= 11 is 8.37. The highest BCUT2D eigenvalue weighted by molar-refractivity contribution is 8.44. The fourth-order valence-corrected chi connectivity index (χ4v) is 8.44. The quantitative estimate of drug-likeness (QED) is 0.198. The summed E-state index contributed by atoms with van der Waals surface area (Å²) in [5, 5.41) is 10.3. The van der Waals surface area contributed by atoms with Crippen molar-refractivity contribution in [3.05, 3.63) is 35.3 Å². The first-order valence-electron chi connectivity index (χ1n) is 12.7. The number of nitrogens with zero attached hydrogens (tertiary/aromatic N) is 5. The van der Waals surface area contributed by atoms with Crippen molar-refractivity contribution in [2.75, 3.05) is 25.6 Å². The third kappa shape index (κ3) is 6.26. The number of hydrogen-bond acceptors (Lipinski definition) is 15. The SMILES string of the molecule is Nc1nc2c(ncn2[C@@H]2O[C@H]3COP(=O)(S)O[C@H]4C[C@H](Oc5ccncn5)C[C@@H]4COP(=O)(S)O[C@@H]2[C@@H]3CO)c(=O)[nH]1. The van der Waals surface area contributed by atoms with Gasteiger partial charge in [0.25, 0.3) is 5.56 Å². The number of aliphatic hydroxyl groups is 1. The lowest BCUT2D eigenvalue weighted by molar-refractivity contribution is -0.0469. The Balaban J connectivity index is 1.29. The first-order chi connectivity index (χ1) is 20.0. The van der Waals surface area contributed by atoms with Gasteiger partial charge in [0.1, 0.15) is 18.5 Å². The third-order valence-electron chi connectivity index (χ3n) is 7.24. The number of imidazole rings is 1. The van der Waals surface area contributed by atoms with Crippen LogP contribution in [0.2, 0.25) is 0 Å². The molecule has 3 fully saturated rings. The number of nitrogens with one attached hydrogen (secondary N) is 1. The fraction of sp³-hybridized carbons (Fsp3) is 0.571. The van der Waals surface area contributed by atoms with Crippen molar-refractivity contribution < 1.29 is 41.8 Å². The molecule has 6 rings (SSSR count). The Bertz CT molecular complexity index is 1600. The van der Waals surface area contributed by atoms with Crippen molar-refractivity contribution in [1.29, 1.82) is 0 Å². The second-order valence-electron chi connectivity index (χ2n) is 9.95. The number of H-pyrrole nitrogens is 1. The second-order valence-corrected chi connectivity index (χ2v) is 15.7. The molecule has 5 heterocycles. The predicted molar refractivity (Wildman–Crippen MR) is 151 cm³/mol. The predicted octanol–water partition coefficient (Wildman–Crippen LogP) is 1.75. The zero-order valence-electron chi connectivity index (χ0n) is 21.6. The Morgan fingerprint density at radius 3 is 2.69 bits per heavy atom. The molecule has 3 aliphatic rings. The lowest BCUT2D eigenvalue weighted by atomic mass is 9.99. The smallest absolute Gasteiger partial charge is 0.386 e. The number of ether oxygens (including phenoxy) is 2. The number of aromatic nitrogens is 6. The average molecular weight is 664 g/mol. The Morgan fingerprint density at radius 1 is 1.14 bits per heavy atom. The lowest BCUT2D eigenvalue weighted by Crippen LogP contribution is -2.33. The van der Waals surface area contributed by atoms with Crippen LogP contribution in [0.15, 0.2) is 29.7 Å². The molecule has 2 aliphatic heterocycles. The molecule has 1 aliphatic carbocycles. The van der Waals surface area contributed by atoms with E-state index < -0.39 is 68.2 Å². The summed E-state index contributed by atoms with van der Waals surface area (Å²) in [6.45, 7) is -9.15. The van der Waals surface area contributed by atoms with E-state index in [0.717, 1.165) is 0 Å². The highest BCUT2D eigenvalue weighted by Crippen LogP contribution is 2.61. The van der Waals surface area contributed by atoms with Crippen LogP contribution >= 0.6 is 38.1 Å². The first kappa shape index (κ1) is 30.0. The van der Waals surface area contributed by atoms with E-state index in [4.69, 9.17) is 33.3 Å². The largest absolute Gasteiger partial charge is 0.474 e. The maximum absolute atomic E-state index is 13.6. The topological polar surface area (TPSA) is 225 Å². The van der Waals surface area contributed by atoms with E-state index in [1.165, 1.54) is 23.4 Å². The standard InChI is InChI=1S/C21H27N7O10P2S2/c22-21-26-18-16(19(30)27-21)25-9-28(18)20-17-12(5-29)14(36-20)7-34-39(31,41)37-13-4-11(35-15-1-2-23-8-24-15)3-10(13)6-33-40(32,42)38-17/h1-2,8-14,17,20,29H,3-7H2,(H,31,41)(H,32,42)(H3,22,26,27,30)/t10-,11-,12-,13+,14+,17-,20-,39?,40?/m1/s1. The van der Waals surface area contributed by atoms with Gasteiger partial charge in [0.2, 0.25) is 11.8 Å². The summed E-state index contributed by atoms with van der Waals surface area (Å²) in [4.78, 5) is 30.9. The van der Waals surface area contributed by atoms with Crippen LogP contribution in [-0.2, 0) is 32.0 Å². The van der Waals surface area contributed by atoms with Crippen LogP contribution in [0.3, 0.4) is 0 Å². The summed E-state index contributed by atoms with van der Waals surface area (Å²) in [6.07, 6.45) is 0.425. The molecule has 0 aromatic carbocycles. The van der Waals surface area contributed by atoms with Crippen molar-refractivity contribution in [1.82, 2.24) is 29.5 Å². The molecule has 3 aromatic rings. The fourth-order valence-electron chi connectivity index (χ4n) is 5.35. The maximum atomic E-state index is 13.6. The number of anilines is 1. The Hall–Kier alpha value is -2.05. The molecular weight excluding hydrogens is 636 g/mol. The molecule has 0 amide bonds. The number of thiol groups is 2. The van der Waals surface area contributed by atoms with Gasteiger partial charge in [-0.1, -0.05) is 24.5 Å². The highest BCUT2D eigenvalue weighted by atomic mass is 32.7. The van der Waals surface area contributed by atoms with Gasteiger partial charge in [0.15, 0.2) is 17.4 Å². The average Bonchev–Trinajstić information content (AvgIpc) is 3.61. The van der Waals surface area contributed by atoms with Crippen molar-refractivity contribution in [2.24, 2.45) is 11.8 Å². The molecule has 0 radical (unpaired) electrons. The summed E-state index contributed by atoms with van der Waals surface area (Å²) in [7, 11) is 0. The highest BCUT2D eigenvalue weighted by Gasteiger charge is 2.51. The number of aromatic amines is 1. The van der Waals surface area contributed by atoms with Gasteiger partial charge >= 0.3 is 13.6 Å². The van der Waals surface area contributed by atoms with Crippen molar-refractivity contribution in [3.63, 3.8) is 0 Å². The minimum absolute atomic E-state index is 0.0363. The van der Waals surface area contributed by atoms with Crippen molar-refractivity contribution >= 4 is 55.2 Å². The van der Waals surface area contributed by atoms with Gasteiger partial charge < -0.3 is 24.8 Å². The van der Waals surface area contributed by atoms with Gasteiger partial charge in [-0.15, -0.1) is 0 Å². The zero-order chi connectivity index (χ0) is 29.6. The van der Waals surface area contributed by atoms with E-state index in [-0.39, 0.29) is 36.7 Å². The van der Waals surface area contributed by atoms with Gasteiger partial charge in [0.05, 0.1) is 38.4 Å². The molecule has 4 N–H and O–H groups in total. The first-order valence-corrected chi connectivity index (χ1v) is 18.1. The van der Waals surface area contributed by atoms with Gasteiger partial charge in [-0.2, -0.15) is 4.98 Å². The number of fused-ring (bicyclic) bond motifs is 4. The van der Waals surface area contributed by atoms with E-state index in [9.17, 15) is 19.0 Å². The van der Waals surface area contributed by atoms with E-state index in [2.05, 4.69) is 49.4 Å². The number of rotatable bonds is 4. The summed E-state index contributed by atoms with van der Waals surface area (Å²) in [6, 6.07) is 1.60. The molecule has 3 aromatic heterocycles. The summed E-state index contributed by atoms with van der Waals surface area (Å²) in [5.41, 5.74) is 5.16. The third-order valence-corrected chi connectivity index (χ3v) is 10.5. The molecule has 1 saturated carbocycles. The number of hydrogen-bond donors (Lipinski definition) is 5.